The van der Waals surface area contributed by atoms with Gasteiger partial charge in [-0.05, 0) is 60.2 Å². The molecule has 0 saturated heterocycles. The van der Waals surface area contributed by atoms with E-state index in [4.69, 9.17) is 0 Å². The fourth-order valence-electron chi connectivity index (χ4n) is 4.47. The highest BCUT2D eigenvalue weighted by Crippen LogP contribution is 2.27. The summed E-state index contributed by atoms with van der Waals surface area (Å²) in [4.78, 5) is 30.3. The molecule has 1 atom stereocenters. The van der Waals surface area contributed by atoms with E-state index in [1.54, 1.807) is 42.2 Å². The third kappa shape index (κ3) is 4.83. The number of hydrogen-bond acceptors (Lipinski definition) is 6. The lowest BCUT2D eigenvalue weighted by Gasteiger charge is -2.25. The van der Waals surface area contributed by atoms with Crippen LogP contribution in [0.25, 0.3) is 10.8 Å². The first kappa shape index (κ1) is 23.6. The summed E-state index contributed by atoms with van der Waals surface area (Å²) in [6, 6.07) is 14.6. The van der Waals surface area contributed by atoms with Crippen LogP contribution in [0.2, 0.25) is 0 Å². The summed E-state index contributed by atoms with van der Waals surface area (Å²) in [5.74, 6) is -0.0984. The van der Waals surface area contributed by atoms with Gasteiger partial charge in [0, 0.05) is 18.3 Å². The Morgan fingerprint density at radius 3 is 2.64 bits per heavy atom. The molecule has 1 unspecified atom stereocenters. The summed E-state index contributed by atoms with van der Waals surface area (Å²) in [6.45, 7) is 2.69. The van der Waals surface area contributed by atoms with Gasteiger partial charge in [0.25, 0.3) is 11.8 Å². The van der Waals surface area contributed by atoms with Crippen molar-refractivity contribution in [2.75, 3.05) is 11.9 Å². The van der Waals surface area contributed by atoms with Gasteiger partial charge in [-0.25, -0.2) is 9.67 Å². The van der Waals surface area contributed by atoms with E-state index in [0.29, 0.717) is 36.0 Å². The zero-order valence-corrected chi connectivity index (χ0v) is 20.0. The van der Waals surface area contributed by atoms with E-state index in [0.717, 1.165) is 29.2 Å². The van der Waals surface area contributed by atoms with E-state index in [1.165, 1.54) is 6.42 Å². The van der Waals surface area contributed by atoms with Gasteiger partial charge in [0.2, 0.25) is 0 Å². The molecular weight excluding hydrogens is 456 g/mol. The van der Waals surface area contributed by atoms with Crippen molar-refractivity contribution >= 4 is 28.3 Å². The molecule has 4 aromatic rings. The van der Waals surface area contributed by atoms with Crippen LogP contribution in [0.5, 0.6) is 0 Å². The number of nitrogens with zero attached hydrogens (tertiary/aromatic N) is 4. The standard InChI is InChI=1S/C27H28N6O3/c1-17(34)24-15-30-32-33(24)16-19-11-12-22(21-9-3-2-8-20(19)21)26(35)31-23-10-5-13-28-25(23)27(36)29-14-18-6-4-7-18/h2-3,5,8-13,15,17-18,34H,4,6-7,14,16H2,1H3,(H,29,36)(H,31,35). The number of aromatic nitrogens is 4. The minimum atomic E-state index is -0.698. The lowest BCUT2D eigenvalue weighted by molar-refractivity contribution is 0.0935. The number of carbonyl (C=O) groups is 2. The number of hydrogen-bond donors (Lipinski definition) is 3. The highest BCUT2D eigenvalue weighted by atomic mass is 16.3. The van der Waals surface area contributed by atoms with Crippen molar-refractivity contribution < 1.29 is 14.7 Å². The fourth-order valence-corrected chi connectivity index (χ4v) is 4.47. The molecule has 2 heterocycles. The van der Waals surface area contributed by atoms with Crippen LogP contribution in [0.15, 0.2) is 60.9 Å². The molecule has 1 aliphatic rings. The molecule has 2 amide bonds. The number of nitrogens with one attached hydrogen (secondary N) is 2. The second-order valence-electron chi connectivity index (χ2n) is 9.17. The summed E-state index contributed by atoms with van der Waals surface area (Å²) in [5.41, 5.74) is 2.59. The van der Waals surface area contributed by atoms with Crippen LogP contribution in [-0.2, 0) is 6.54 Å². The van der Waals surface area contributed by atoms with Crippen molar-refractivity contribution in [2.45, 2.75) is 38.8 Å². The van der Waals surface area contributed by atoms with Gasteiger partial charge in [-0.2, -0.15) is 0 Å². The maximum Gasteiger partial charge on any atom is 0.272 e. The molecule has 1 fully saturated rings. The Morgan fingerprint density at radius 2 is 1.89 bits per heavy atom. The molecule has 9 nitrogen and oxygen atoms in total. The molecule has 0 spiro atoms. The van der Waals surface area contributed by atoms with Crippen LogP contribution in [0.3, 0.4) is 0 Å². The lowest BCUT2D eigenvalue weighted by Crippen LogP contribution is -2.33. The largest absolute Gasteiger partial charge is 0.387 e. The molecule has 2 aromatic carbocycles. The Labute approximate surface area is 208 Å². The van der Waals surface area contributed by atoms with E-state index in [9.17, 15) is 14.7 Å². The zero-order valence-electron chi connectivity index (χ0n) is 20.0. The van der Waals surface area contributed by atoms with Gasteiger partial charge < -0.3 is 15.7 Å². The van der Waals surface area contributed by atoms with E-state index in [-0.39, 0.29) is 17.5 Å². The SMILES string of the molecule is CC(O)c1cnnn1Cc1ccc(C(=O)Nc2cccnc2C(=O)NCC2CCC2)c2ccccc12. The third-order valence-electron chi connectivity index (χ3n) is 6.70. The second kappa shape index (κ2) is 10.2. The first-order valence-corrected chi connectivity index (χ1v) is 12.1. The Morgan fingerprint density at radius 1 is 1.08 bits per heavy atom. The molecule has 5 rings (SSSR count). The number of benzene rings is 2. The van der Waals surface area contributed by atoms with E-state index in [1.807, 2.05) is 30.3 Å². The monoisotopic (exact) mass is 484 g/mol. The number of anilines is 1. The molecule has 1 saturated carbocycles. The average molecular weight is 485 g/mol. The first-order valence-electron chi connectivity index (χ1n) is 12.1. The molecule has 1 aliphatic carbocycles. The molecule has 184 valence electrons. The van der Waals surface area contributed by atoms with Gasteiger partial charge in [0.1, 0.15) is 0 Å². The number of fused-ring (bicyclic) bond motifs is 1. The predicted molar refractivity (Wildman–Crippen MR) is 136 cm³/mol. The summed E-state index contributed by atoms with van der Waals surface area (Å²) in [5, 5.41) is 25.5. The summed E-state index contributed by atoms with van der Waals surface area (Å²) in [6.07, 6.45) is 5.86. The molecule has 0 aliphatic heterocycles. The van der Waals surface area contributed by atoms with Crippen LogP contribution in [0, 0.1) is 5.92 Å². The van der Waals surface area contributed by atoms with E-state index < -0.39 is 6.10 Å². The molecular formula is C27H28N6O3. The van der Waals surface area contributed by atoms with Gasteiger partial charge in [-0.3, -0.25) is 9.59 Å². The number of pyridine rings is 1. The van der Waals surface area contributed by atoms with Crippen molar-refractivity contribution in [2.24, 2.45) is 5.92 Å². The van der Waals surface area contributed by atoms with Gasteiger partial charge in [0.15, 0.2) is 5.69 Å². The smallest absolute Gasteiger partial charge is 0.272 e. The maximum absolute atomic E-state index is 13.4. The van der Waals surface area contributed by atoms with Crippen LogP contribution in [0.4, 0.5) is 5.69 Å². The van der Waals surface area contributed by atoms with E-state index in [2.05, 4.69) is 25.9 Å². The number of aliphatic hydroxyl groups is 1. The second-order valence-corrected chi connectivity index (χ2v) is 9.17. The van der Waals surface area contributed by atoms with Crippen LogP contribution in [0.1, 0.15) is 64.4 Å². The minimum absolute atomic E-state index is 0.197. The Kier molecular flexibility index (Phi) is 6.73. The summed E-state index contributed by atoms with van der Waals surface area (Å²) >= 11 is 0. The summed E-state index contributed by atoms with van der Waals surface area (Å²) in [7, 11) is 0. The van der Waals surface area contributed by atoms with Crippen LogP contribution >= 0.6 is 0 Å². The maximum atomic E-state index is 13.4. The van der Waals surface area contributed by atoms with Gasteiger partial charge >= 0.3 is 0 Å². The van der Waals surface area contributed by atoms with Crippen molar-refractivity contribution in [3.05, 3.63) is 83.4 Å². The normalized spacial score (nSPS) is 14.3. The number of rotatable bonds is 8. The number of amides is 2. The van der Waals surface area contributed by atoms with Crippen LogP contribution < -0.4 is 10.6 Å². The molecule has 3 N–H and O–H groups in total. The van der Waals surface area contributed by atoms with Crippen molar-refractivity contribution in [1.29, 1.82) is 0 Å². The van der Waals surface area contributed by atoms with Crippen molar-refractivity contribution in [3.63, 3.8) is 0 Å². The minimum Gasteiger partial charge on any atom is -0.387 e. The number of carbonyl (C=O) groups excluding carboxylic acids is 2. The van der Waals surface area contributed by atoms with E-state index >= 15 is 0 Å². The Bertz CT molecular complexity index is 1410. The first-order chi connectivity index (χ1) is 17.5. The molecule has 0 radical (unpaired) electrons. The van der Waals surface area contributed by atoms with Crippen molar-refractivity contribution in [3.8, 4) is 0 Å². The molecule has 36 heavy (non-hydrogen) atoms. The quantitative estimate of drug-likeness (QED) is 0.350. The number of aliphatic hydroxyl groups excluding tert-OH is 1. The topological polar surface area (TPSA) is 122 Å². The third-order valence-corrected chi connectivity index (χ3v) is 6.70. The highest BCUT2D eigenvalue weighted by molar-refractivity contribution is 6.15. The zero-order chi connectivity index (χ0) is 25.1. The molecule has 2 aromatic heterocycles. The average Bonchev–Trinajstić information content (AvgIpc) is 3.32. The summed E-state index contributed by atoms with van der Waals surface area (Å²) < 4.78 is 1.65. The Hall–Kier alpha value is -4.11. The molecule has 9 heteroatoms. The van der Waals surface area contributed by atoms with Gasteiger partial charge in [-0.15, -0.1) is 5.10 Å². The van der Waals surface area contributed by atoms with Gasteiger partial charge in [-0.1, -0.05) is 42.0 Å². The fraction of sp³-hybridized carbons (Fsp3) is 0.296. The van der Waals surface area contributed by atoms with Crippen LogP contribution in [-0.4, -0.2) is 43.4 Å². The molecule has 0 bridgehead atoms. The lowest BCUT2D eigenvalue weighted by atomic mass is 9.85. The van der Waals surface area contributed by atoms with Crippen molar-refractivity contribution in [1.82, 2.24) is 25.3 Å². The Balaban J connectivity index is 1.40. The predicted octanol–water partition coefficient (Wildman–Crippen LogP) is 3.71. The highest BCUT2D eigenvalue weighted by Gasteiger charge is 2.21. The van der Waals surface area contributed by atoms with Gasteiger partial charge in [0.05, 0.1) is 30.2 Å².